The summed E-state index contributed by atoms with van der Waals surface area (Å²) in [5.74, 6) is 0.378. The lowest BCUT2D eigenvalue weighted by atomic mass is 9.97. The van der Waals surface area contributed by atoms with E-state index in [0.29, 0.717) is 24.7 Å². The van der Waals surface area contributed by atoms with E-state index in [2.05, 4.69) is 10.1 Å². The highest BCUT2D eigenvalue weighted by molar-refractivity contribution is 5.85. The Balaban J connectivity index is 0.00000180. The van der Waals surface area contributed by atoms with E-state index in [1.54, 1.807) is 0 Å². The van der Waals surface area contributed by atoms with Crippen LogP contribution < -0.4 is 0 Å². The summed E-state index contributed by atoms with van der Waals surface area (Å²) in [5.41, 5.74) is -0.178. The second-order valence-electron chi connectivity index (χ2n) is 5.73. The third-order valence-electron chi connectivity index (χ3n) is 3.10. The summed E-state index contributed by atoms with van der Waals surface area (Å²) >= 11 is 0. The van der Waals surface area contributed by atoms with Crippen LogP contribution in [0.1, 0.15) is 45.3 Å². The predicted octanol–water partition coefficient (Wildman–Crippen LogP) is 1.84. The SMILES string of the molecule is CC(C)(C)c1nc(CN2CCCC2C(=O)O)no1.Cl. The molecular formula is C12H20ClN3O3. The van der Waals surface area contributed by atoms with Crippen LogP contribution in [-0.2, 0) is 16.8 Å². The molecule has 0 aromatic carbocycles. The number of nitrogens with zero attached hydrogens (tertiary/aromatic N) is 3. The average molecular weight is 290 g/mol. The molecule has 6 nitrogen and oxygen atoms in total. The van der Waals surface area contributed by atoms with Crippen molar-refractivity contribution in [2.45, 2.75) is 51.6 Å². The van der Waals surface area contributed by atoms with Crippen molar-refractivity contribution in [1.82, 2.24) is 15.0 Å². The molecule has 1 saturated heterocycles. The molecule has 1 fully saturated rings. The molecule has 2 rings (SSSR count). The number of carboxylic acid groups (broad SMARTS) is 1. The molecule has 0 saturated carbocycles. The summed E-state index contributed by atoms with van der Waals surface area (Å²) in [6.45, 7) is 7.22. The number of carbonyl (C=O) groups is 1. The maximum atomic E-state index is 11.1. The molecular weight excluding hydrogens is 270 g/mol. The monoisotopic (exact) mass is 289 g/mol. The minimum atomic E-state index is -0.771. The van der Waals surface area contributed by atoms with Crippen LogP contribution in [0.4, 0.5) is 0 Å². The summed E-state index contributed by atoms with van der Waals surface area (Å²) < 4.78 is 5.20. The third-order valence-corrected chi connectivity index (χ3v) is 3.10. The van der Waals surface area contributed by atoms with E-state index in [1.807, 2.05) is 25.7 Å². The van der Waals surface area contributed by atoms with Crippen LogP contribution >= 0.6 is 12.4 Å². The van der Waals surface area contributed by atoms with Gasteiger partial charge < -0.3 is 9.63 Å². The van der Waals surface area contributed by atoms with Gasteiger partial charge in [0.05, 0.1) is 6.54 Å². The van der Waals surface area contributed by atoms with Gasteiger partial charge in [-0.3, -0.25) is 9.69 Å². The first kappa shape index (κ1) is 15.9. The highest BCUT2D eigenvalue weighted by Crippen LogP contribution is 2.22. The van der Waals surface area contributed by atoms with Crippen LogP contribution in [0.5, 0.6) is 0 Å². The van der Waals surface area contributed by atoms with Crippen LogP contribution in [0.25, 0.3) is 0 Å². The lowest BCUT2D eigenvalue weighted by Gasteiger charge is -2.18. The molecule has 0 aliphatic carbocycles. The molecule has 108 valence electrons. The summed E-state index contributed by atoms with van der Waals surface area (Å²) in [6.07, 6.45) is 1.60. The molecule has 1 N–H and O–H groups in total. The largest absolute Gasteiger partial charge is 0.480 e. The number of likely N-dealkylation sites (tertiary alicyclic amines) is 1. The lowest BCUT2D eigenvalue weighted by Crippen LogP contribution is -2.35. The van der Waals surface area contributed by atoms with Gasteiger partial charge in [-0.1, -0.05) is 25.9 Å². The molecule has 2 heterocycles. The van der Waals surface area contributed by atoms with Gasteiger partial charge in [-0.05, 0) is 19.4 Å². The maximum Gasteiger partial charge on any atom is 0.320 e. The van der Waals surface area contributed by atoms with Gasteiger partial charge in [-0.15, -0.1) is 12.4 Å². The Hall–Kier alpha value is -1.14. The molecule has 1 unspecified atom stereocenters. The van der Waals surface area contributed by atoms with Gasteiger partial charge in [0.15, 0.2) is 5.82 Å². The zero-order valence-corrected chi connectivity index (χ0v) is 12.2. The van der Waals surface area contributed by atoms with Gasteiger partial charge in [0.25, 0.3) is 0 Å². The van der Waals surface area contributed by atoms with Crippen LogP contribution in [0.3, 0.4) is 0 Å². The Morgan fingerprint density at radius 3 is 2.74 bits per heavy atom. The van der Waals surface area contributed by atoms with E-state index in [1.165, 1.54) is 0 Å². The van der Waals surface area contributed by atoms with E-state index in [4.69, 9.17) is 9.63 Å². The Morgan fingerprint density at radius 1 is 1.53 bits per heavy atom. The number of halogens is 1. The van der Waals surface area contributed by atoms with Gasteiger partial charge >= 0.3 is 5.97 Å². The van der Waals surface area contributed by atoms with Crippen molar-refractivity contribution in [2.24, 2.45) is 0 Å². The van der Waals surface area contributed by atoms with Crippen molar-refractivity contribution in [1.29, 1.82) is 0 Å². The minimum absolute atomic E-state index is 0. The topological polar surface area (TPSA) is 79.5 Å². The van der Waals surface area contributed by atoms with Gasteiger partial charge in [-0.25, -0.2) is 0 Å². The molecule has 19 heavy (non-hydrogen) atoms. The van der Waals surface area contributed by atoms with Crippen molar-refractivity contribution in [3.8, 4) is 0 Å². The second-order valence-corrected chi connectivity index (χ2v) is 5.73. The number of carboxylic acids is 1. The first-order chi connectivity index (χ1) is 8.38. The first-order valence-corrected chi connectivity index (χ1v) is 6.18. The highest BCUT2D eigenvalue weighted by atomic mass is 35.5. The van der Waals surface area contributed by atoms with Gasteiger partial charge in [0, 0.05) is 5.41 Å². The molecule has 1 atom stereocenters. The van der Waals surface area contributed by atoms with Crippen LogP contribution in [0.15, 0.2) is 4.52 Å². The second kappa shape index (κ2) is 5.88. The average Bonchev–Trinajstić information content (AvgIpc) is 2.85. The zero-order valence-electron chi connectivity index (χ0n) is 11.4. The van der Waals surface area contributed by atoms with Crippen molar-refractivity contribution in [2.75, 3.05) is 6.54 Å². The van der Waals surface area contributed by atoms with Crippen LogP contribution in [-0.4, -0.2) is 38.7 Å². The molecule has 1 aliphatic heterocycles. The number of aromatic nitrogens is 2. The van der Waals surface area contributed by atoms with Crippen molar-refractivity contribution < 1.29 is 14.4 Å². The predicted molar refractivity (Wildman–Crippen MR) is 71.3 cm³/mol. The Kier molecular flexibility index (Phi) is 4.92. The van der Waals surface area contributed by atoms with E-state index in [9.17, 15) is 4.79 Å². The van der Waals surface area contributed by atoms with Gasteiger partial charge in [0.2, 0.25) is 5.89 Å². The molecule has 0 radical (unpaired) electrons. The number of hydrogen-bond acceptors (Lipinski definition) is 5. The quantitative estimate of drug-likeness (QED) is 0.914. The molecule has 0 spiro atoms. The summed E-state index contributed by atoms with van der Waals surface area (Å²) in [5, 5.41) is 13.0. The molecule has 7 heteroatoms. The van der Waals surface area contributed by atoms with E-state index < -0.39 is 12.0 Å². The fourth-order valence-corrected chi connectivity index (χ4v) is 2.10. The maximum absolute atomic E-state index is 11.1. The van der Waals surface area contributed by atoms with Crippen molar-refractivity contribution >= 4 is 18.4 Å². The van der Waals surface area contributed by atoms with Crippen LogP contribution in [0, 0.1) is 0 Å². The number of rotatable bonds is 3. The van der Waals surface area contributed by atoms with Gasteiger partial charge in [0.1, 0.15) is 6.04 Å². The molecule has 1 aliphatic rings. The molecule has 1 aromatic rings. The lowest BCUT2D eigenvalue weighted by molar-refractivity contribution is -0.142. The molecule has 1 aromatic heterocycles. The fraction of sp³-hybridized carbons (Fsp3) is 0.750. The standard InChI is InChI=1S/C12H19N3O3.ClH/c1-12(2,3)11-13-9(14-18-11)7-15-6-4-5-8(15)10(16)17;/h8H,4-7H2,1-3H3,(H,16,17);1H. The van der Waals surface area contributed by atoms with Crippen LogP contribution in [0.2, 0.25) is 0 Å². The smallest absolute Gasteiger partial charge is 0.320 e. The fourth-order valence-electron chi connectivity index (χ4n) is 2.10. The summed E-state index contributed by atoms with van der Waals surface area (Å²) in [6, 6.07) is -0.415. The van der Waals surface area contributed by atoms with E-state index >= 15 is 0 Å². The normalized spacial score (nSPS) is 20.3. The minimum Gasteiger partial charge on any atom is -0.480 e. The Bertz CT molecular complexity index is 442. The molecule has 0 amide bonds. The number of aliphatic carboxylic acids is 1. The van der Waals surface area contributed by atoms with Gasteiger partial charge in [-0.2, -0.15) is 4.98 Å². The van der Waals surface area contributed by atoms with E-state index in [-0.39, 0.29) is 17.8 Å². The Labute approximate surface area is 118 Å². The van der Waals surface area contributed by atoms with Crippen molar-refractivity contribution in [3.63, 3.8) is 0 Å². The summed E-state index contributed by atoms with van der Waals surface area (Å²) in [7, 11) is 0. The summed E-state index contributed by atoms with van der Waals surface area (Å²) in [4.78, 5) is 17.3. The van der Waals surface area contributed by atoms with Crippen molar-refractivity contribution in [3.05, 3.63) is 11.7 Å². The van der Waals surface area contributed by atoms with E-state index in [0.717, 1.165) is 13.0 Å². The third kappa shape index (κ3) is 3.67. The Morgan fingerprint density at radius 2 is 2.21 bits per heavy atom. The molecule has 0 bridgehead atoms. The first-order valence-electron chi connectivity index (χ1n) is 6.18. The zero-order chi connectivity index (χ0) is 13.3. The number of hydrogen-bond donors (Lipinski definition) is 1. The highest BCUT2D eigenvalue weighted by Gasteiger charge is 2.31.